The van der Waals surface area contributed by atoms with E-state index in [1.54, 1.807) is 6.07 Å². The predicted molar refractivity (Wildman–Crippen MR) is 70.9 cm³/mol. The lowest BCUT2D eigenvalue weighted by molar-refractivity contribution is 0.0969. The van der Waals surface area contributed by atoms with Gasteiger partial charge in [-0.2, -0.15) is 0 Å². The summed E-state index contributed by atoms with van der Waals surface area (Å²) >= 11 is 7.23. The summed E-state index contributed by atoms with van der Waals surface area (Å²) < 4.78 is 0.685. The van der Waals surface area contributed by atoms with Crippen molar-refractivity contribution in [1.82, 2.24) is 0 Å². The van der Waals surface area contributed by atoms with Gasteiger partial charge >= 0.3 is 0 Å². The van der Waals surface area contributed by atoms with Crippen LogP contribution in [0.5, 0.6) is 0 Å². The Morgan fingerprint density at radius 1 is 1.18 bits per heavy atom. The van der Waals surface area contributed by atoms with Crippen molar-refractivity contribution in [1.29, 1.82) is 0 Å². The van der Waals surface area contributed by atoms with E-state index in [-0.39, 0.29) is 11.7 Å². The highest BCUT2D eigenvalue weighted by Gasteiger charge is 2.44. The van der Waals surface area contributed by atoms with E-state index in [0.717, 1.165) is 11.3 Å². The lowest BCUT2D eigenvalue weighted by Gasteiger charge is -1.98. The molecule has 1 aliphatic rings. The maximum atomic E-state index is 12.2. The fraction of sp³-hybridized carbons (Fsp3) is 0.214. The summed E-state index contributed by atoms with van der Waals surface area (Å²) in [5, 5.41) is 0. The molecule has 0 N–H and O–H groups in total. The highest BCUT2D eigenvalue weighted by atomic mass is 35.5. The molecule has 0 bridgehead atoms. The Labute approximate surface area is 109 Å². The topological polar surface area (TPSA) is 17.1 Å². The molecule has 1 fully saturated rings. The lowest BCUT2D eigenvalue weighted by atomic mass is 10.1. The molecule has 1 aromatic heterocycles. The molecule has 2 aromatic rings. The van der Waals surface area contributed by atoms with Crippen LogP contribution in [0.15, 0.2) is 42.5 Å². The first-order valence-corrected chi connectivity index (χ1v) is 6.79. The molecule has 1 nitrogen and oxygen atoms in total. The first kappa shape index (κ1) is 11.0. The molecule has 17 heavy (non-hydrogen) atoms. The summed E-state index contributed by atoms with van der Waals surface area (Å²) in [6, 6.07) is 13.9. The van der Waals surface area contributed by atoms with E-state index < -0.39 is 0 Å². The van der Waals surface area contributed by atoms with Gasteiger partial charge in [-0.3, -0.25) is 4.79 Å². The number of halogens is 1. The number of hydrogen-bond acceptors (Lipinski definition) is 2. The van der Waals surface area contributed by atoms with Crippen molar-refractivity contribution in [2.45, 2.75) is 12.3 Å². The van der Waals surface area contributed by atoms with Gasteiger partial charge in [0.1, 0.15) is 0 Å². The number of Topliss-reactive ketones (excluding diaryl/α,β-unsaturated/α-hetero) is 1. The van der Waals surface area contributed by atoms with Crippen LogP contribution in [-0.2, 0) is 0 Å². The summed E-state index contributed by atoms with van der Waals surface area (Å²) in [4.78, 5) is 12.9. The molecule has 2 unspecified atom stereocenters. The van der Waals surface area contributed by atoms with Gasteiger partial charge in [0.05, 0.1) is 9.21 Å². The van der Waals surface area contributed by atoms with E-state index in [2.05, 4.69) is 12.1 Å². The van der Waals surface area contributed by atoms with Crippen LogP contribution in [0.3, 0.4) is 0 Å². The maximum absolute atomic E-state index is 12.2. The average molecular weight is 263 g/mol. The van der Waals surface area contributed by atoms with Crippen molar-refractivity contribution in [2.75, 3.05) is 0 Å². The molecule has 0 aliphatic heterocycles. The summed E-state index contributed by atoms with van der Waals surface area (Å²) in [6.07, 6.45) is 0.971. The third kappa shape index (κ3) is 2.15. The highest BCUT2D eigenvalue weighted by Crippen LogP contribution is 2.49. The van der Waals surface area contributed by atoms with Crippen molar-refractivity contribution >= 4 is 28.7 Å². The molecule has 1 aliphatic carbocycles. The SMILES string of the molecule is O=C(c1ccc(Cl)s1)C1CC1c1ccccc1. The second-order valence-corrected chi connectivity index (χ2v) is 6.04. The minimum atomic E-state index is 0.159. The van der Waals surface area contributed by atoms with Gasteiger partial charge in [0, 0.05) is 5.92 Å². The first-order valence-electron chi connectivity index (χ1n) is 5.60. The predicted octanol–water partition coefficient (Wildman–Crippen LogP) is 4.39. The molecule has 0 spiro atoms. The molecule has 86 valence electrons. The molecule has 3 heteroatoms. The molecule has 3 rings (SSSR count). The number of carbonyl (C=O) groups is 1. The van der Waals surface area contributed by atoms with Gasteiger partial charge < -0.3 is 0 Å². The quantitative estimate of drug-likeness (QED) is 0.750. The Kier molecular flexibility index (Phi) is 2.77. The summed E-state index contributed by atoms with van der Waals surface area (Å²) in [6.45, 7) is 0. The van der Waals surface area contributed by atoms with Crippen molar-refractivity contribution < 1.29 is 4.79 Å². The number of thiophene rings is 1. The largest absolute Gasteiger partial charge is 0.293 e. The van der Waals surface area contributed by atoms with Crippen molar-refractivity contribution in [3.05, 3.63) is 57.2 Å². The van der Waals surface area contributed by atoms with E-state index in [4.69, 9.17) is 11.6 Å². The van der Waals surface area contributed by atoms with E-state index in [0.29, 0.717) is 10.3 Å². The maximum Gasteiger partial charge on any atom is 0.176 e. The molecule has 0 amide bonds. The van der Waals surface area contributed by atoms with Gasteiger partial charge in [-0.1, -0.05) is 41.9 Å². The normalized spacial score (nSPS) is 22.4. The number of benzene rings is 1. The number of rotatable bonds is 3. The van der Waals surface area contributed by atoms with Crippen LogP contribution in [-0.4, -0.2) is 5.78 Å². The van der Waals surface area contributed by atoms with Crippen LogP contribution in [0.1, 0.15) is 27.6 Å². The Balaban J connectivity index is 1.75. The van der Waals surface area contributed by atoms with Gasteiger partial charge in [-0.25, -0.2) is 0 Å². The van der Waals surface area contributed by atoms with Gasteiger partial charge in [0.25, 0.3) is 0 Å². The van der Waals surface area contributed by atoms with Gasteiger partial charge in [-0.05, 0) is 30.0 Å². The summed E-state index contributed by atoms with van der Waals surface area (Å²) in [5.74, 6) is 0.812. The minimum Gasteiger partial charge on any atom is -0.293 e. The first-order chi connectivity index (χ1) is 8.25. The zero-order valence-electron chi connectivity index (χ0n) is 9.10. The van der Waals surface area contributed by atoms with Gasteiger partial charge in [0.15, 0.2) is 5.78 Å². The highest BCUT2D eigenvalue weighted by molar-refractivity contribution is 7.18. The third-order valence-electron chi connectivity index (χ3n) is 3.17. The Hall–Kier alpha value is -1.12. The molecule has 1 saturated carbocycles. The fourth-order valence-corrected chi connectivity index (χ4v) is 3.23. The van der Waals surface area contributed by atoms with E-state index in [1.165, 1.54) is 16.9 Å². The summed E-state index contributed by atoms with van der Waals surface area (Å²) in [7, 11) is 0. The van der Waals surface area contributed by atoms with Crippen LogP contribution in [0.2, 0.25) is 4.34 Å². The number of ketones is 1. The third-order valence-corrected chi connectivity index (χ3v) is 4.42. The van der Waals surface area contributed by atoms with Crippen LogP contribution < -0.4 is 0 Å². The molecule has 0 saturated heterocycles. The molecule has 1 aromatic carbocycles. The monoisotopic (exact) mass is 262 g/mol. The minimum absolute atomic E-state index is 0.159. The Morgan fingerprint density at radius 2 is 1.94 bits per heavy atom. The Bertz CT molecular complexity index is 546. The second kappa shape index (κ2) is 4.28. The van der Waals surface area contributed by atoms with Crippen LogP contribution in [0, 0.1) is 5.92 Å². The number of hydrogen-bond donors (Lipinski definition) is 0. The van der Waals surface area contributed by atoms with Crippen LogP contribution in [0.4, 0.5) is 0 Å². The molecule has 2 atom stereocenters. The van der Waals surface area contributed by atoms with E-state index in [9.17, 15) is 4.79 Å². The van der Waals surface area contributed by atoms with E-state index >= 15 is 0 Å². The second-order valence-electron chi connectivity index (χ2n) is 4.33. The molecular weight excluding hydrogens is 252 g/mol. The average Bonchev–Trinajstić information content (AvgIpc) is 3.05. The Morgan fingerprint density at radius 3 is 2.59 bits per heavy atom. The fourth-order valence-electron chi connectivity index (χ4n) is 2.18. The zero-order chi connectivity index (χ0) is 11.8. The van der Waals surface area contributed by atoms with Crippen LogP contribution in [0.25, 0.3) is 0 Å². The smallest absolute Gasteiger partial charge is 0.176 e. The van der Waals surface area contributed by atoms with Crippen LogP contribution >= 0.6 is 22.9 Å². The van der Waals surface area contributed by atoms with E-state index in [1.807, 2.05) is 24.3 Å². The molecule has 1 heterocycles. The van der Waals surface area contributed by atoms with Gasteiger partial charge in [-0.15, -0.1) is 11.3 Å². The van der Waals surface area contributed by atoms with Crippen molar-refractivity contribution in [3.63, 3.8) is 0 Å². The van der Waals surface area contributed by atoms with Crippen molar-refractivity contribution in [3.8, 4) is 0 Å². The lowest BCUT2D eigenvalue weighted by Crippen LogP contribution is -2.00. The zero-order valence-corrected chi connectivity index (χ0v) is 10.7. The molecular formula is C14H11ClOS. The van der Waals surface area contributed by atoms with Crippen molar-refractivity contribution in [2.24, 2.45) is 5.92 Å². The number of carbonyl (C=O) groups excluding carboxylic acids is 1. The van der Waals surface area contributed by atoms with Gasteiger partial charge in [0.2, 0.25) is 0 Å². The standard InChI is InChI=1S/C14H11ClOS/c15-13-7-6-12(17-13)14(16)11-8-10(11)9-4-2-1-3-5-9/h1-7,10-11H,8H2. The molecule has 0 radical (unpaired) electrons. The summed E-state index contributed by atoms with van der Waals surface area (Å²) in [5.41, 5.74) is 1.27.